The van der Waals surface area contributed by atoms with Crippen LogP contribution in [0, 0.1) is 11.3 Å². The molecule has 0 spiro atoms. The second kappa shape index (κ2) is 5.21. The van der Waals surface area contributed by atoms with Crippen LogP contribution < -0.4 is 5.32 Å². The van der Waals surface area contributed by atoms with E-state index in [4.69, 9.17) is 0 Å². The highest BCUT2D eigenvalue weighted by Gasteiger charge is 2.49. The zero-order chi connectivity index (χ0) is 14.2. The van der Waals surface area contributed by atoms with E-state index in [0.717, 1.165) is 18.9 Å². The van der Waals surface area contributed by atoms with Crippen LogP contribution in [-0.4, -0.2) is 12.6 Å². The van der Waals surface area contributed by atoms with Crippen LogP contribution in [0.5, 0.6) is 0 Å². The lowest BCUT2D eigenvalue weighted by molar-refractivity contribution is 0.409. The van der Waals surface area contributed by atoms with Gasteiger partial charge in [-0.2, -0.15) is 0 Å². The van der Waals surface area contributed by atoms with Gasteiger partial charge in [-0.05, 0) is 47.1 Å². The van der Waals surface area contributed by atoms with Crippen LogP contribution in [-0.2, 0) is 6.42 Å². The van der Waals surface area contributed by atoms with Crippen LogP contribution >= 0.6 is 0 Å². The normalized spacial score (nSPS) is 21.9. The van der Waals surface area contributed by atoms with Gasteiger partial charge in [0.2, 0.25) is 0 Å². The van der Waals surface area contributed by atoms with E-state index in [9.17, 15) is 0 Å². The Balaban J connectivity index is 1.79. The van der Waals surface area contributed by atoms with E-state index in [-0.39, 0.29) is 0 Å². The van der Waals surface area contributed by atoms with Crippen LogP contribution in [0.1, 0.15) is 32.8 Å². The maximum absolute atomic E-state index is 3.70. The van der Waals surface area contributed by atoms with Crippen LogP contribution in [0.4, 0.5) is 0 Å². The summed E-state index contributed by atoms with van der Waals surface area (Å²) in [7, 11) is 0. The fourth-order valence-electron chi connectivity index (χ4n) is 3.43. The SMILES string of the molecule is CCNC(Cc1ccc2ccccc2c1)C1CC1(C)C. The van der Waals surface area contributed by atoms with Gasteiger partial charge in [-0.3, -0.25) is 0 Å². The minimum atomic E-state index is 0.531. The van der Waals surface area contributed by atoms with Crippen molar-refractivity contribution < 1.29 is 0 Å². The predicted molar refractivity (Wildman–Crippen MR) is 87.0 cm³/mol. The van der Waals surface area contributed by atoms with Crippen LogP contribution in [0.3, 0.4) is 0 Å². The Morgan fingerprint density at radius 2 is 1.85 bits per heavy atom. The average molecular weight is 267 g/mol. The van der Waals surface area contributed by atoms with Gasteiger partial charge in [-0.25, -0.2) is 0 Å². The summed E-state index contributed by atoms with van der Waals surface area (Å²) < 4.78 is 0. The Morgan fingerprint density at radius 3 is 2.50 bits per heavy atom. The van der Waals surface area contributed by atoms with Crippen LogP contribution in [0.2, 0.25) is 0 Å². The molecule has 1 saturated carbocycles. The third kappa shape index (κ3) is 2.73. The molecular weight excluding hydrogens is 242 g/mol. The predicted octanol–water partition coefficient (Wildman–Crippen LogP) is 4.41. The fourth-order valence-corrected chi connectivity index (χ4v) is 3.43. The van der Waals surface area contributed by atoms with Crippen molar-refractivity contribution in [2.24, 2.45) is 11.3 Å². The summed E-state index contributed by atoms with van der Waals surface area (Å²) in [5.74, 6) is 0.828. The summed E-state index contributed by atoms with van der Waals surface area (Å²) in [4.78, 5) is 0. The maximum Gasteiger partial charge on any atom is 0.0141 e. The first-order valence-corrected chi connectivity index (χ1v) is 7.81. The smallest absolute Gasteiger partial charge is 0.0141 e. The van der Waals surface area contributed by atoms with Crippen molar-refractivity contribution in [3.8, 4) is 0 Å². The molecule has 1 fully saturated rings. The van der Waals surface area contributed by atoms with E-state index >= 15 is 0 Å². The zero-order valence-electron chi connectivity index (χ0n) is 12.8. The third-order valence-corrected chi connectivity index (χ3v) is 4.81. The largest absolute Gasteiger partial charge is 0.314 e. The van der Waals surface area contributed by atoms with Crippen LogP contribution in [0.15, 0.2) is 42.5 Å². The second-order valence-electron chi connectivity index (χ2n) is 6.85. The molecule has 2 atom stereocenters. The molecule has 0 aromatic heterocycles. The van der Waals surface area contributed by atoms with Crippen molar-refractivity contribution in [2.75, 3.05) is 6.54 Å². The van der Waals surface area contributed by atoms with Gasteiger partial charge in [-0.15, -0.1) is 0 Å². The van der Waals surface area contributed by atoms with Gasteiger partial charge in [0.25, 0.3) is 0 Å². The van der Waals surface area contributed by atoms with Crippen molar-refractivity contribution in [1.82, 2.24) is 5.32 Å². The number of benzene rings is 2. The average Bonchev–Trinajstić information content (AvgIpc) is 3.07. The Kier molecular flexibility index (Phi) is 3.55. The van der Waals surface area contributed by atoms with Gasteiger partial charge in [-0.1, -0.05) is 63.2 Å². The monoisotopic (exact) mass is 267 g/mol. The summed E-state index contributed by atoms with van der Waals surface area (Å²) in [6, 6.07) is 16.2. The van der Waals surface area contributed by atoms with E-state index < -0.39 is 0 Å². The second-order valence-corrected chi connectivity index (χ2v) is 6.85. The summed E-state index contributed by atoms with van der Waals surface area (Å²) in [6.07, 6.45) is 2.50. The van der Waals surface area contributed by atoms with Gasteiger partial charge in [0, 0.05) is 6.04 Å². The van der Waals surface area contributed by atoms with Crippen molar-refractivity contribution in [2.45, 2.75) is 39.7 Å². The van der Waals surface area contributed by atoms with E-state index in [1.54, 1.807) is 0 Å². The van der Waals surface area contributed by atoms with Crippen molar-refractivity contribution >= 4 is 10.8 Å². The lowest BCUT2D eigenvalue weighted by Gasteiger charge is -2.20. The summed E-state index contributed by atoms with van der Waals surface area (Å²) in [6.45, 7) is 8.05. The summed E-state index contributed by atoms with van der Waals surface area (Å²) >= 11 is 0. The molecule has 2 aromatic carbocycles. The standard InChI is InChI=1S/C19H25N/c1-4-20-18(17-13-19(17,2)3)12-14-9-10-15-7-5-6-8-16(15)11-14/h5-11,17-18,20H,4,12-13H2,1-3H3. The minimum Gasteiger partial charge on any atom is -0.314 e. The molecule has 1 aliphatic rings. The van der Waals surface area contributed by atoms with E-state index in [0.29, 0.717) is 11.5 Å². The topological polar surface area (TPSA) is 12.0 Å². The summed E-state index contributed by atoms with van der Waals surface area (Å²) in [5, 5.41) is 6.39. The van der Waals surface area contributed by atoms with E-state index in [1.807, 2.05) is 0 Å². The molecule has 2 unspecified atom stereocenters. The van der Waals surface area contributed by atoms with Gasteiger partial charge < -0.3 is 5.32 Å². The van der Waals surface area contributed by atoms with E-state index in [1.165, 1.54) is 22.8 Å². The number of likely N-dealkylation sites (N-methyl/N-ethyl adjacent to an activating group) is 1. The molecule has 1 N–H and O–H groups in total. The minimum absolute atomic E-state index is 0.531. The molecule has 106 valence electrons. The Morgan fingerprint density at radius 1 is 1.15 bits per heavy atom. The molecule has 0 saturated heterocycles. The molecule has 20 heavy (non-hydrogen) atoms. The molecule has 0 heterocycles. The van der Waals surface area contributed by atoms with Crippen molar-refractivity contribution in [3.63, 3.8) is 0 Å². The van der Waals surface area contributed by atoms with Gasteiger partial charge in [0.05, 0.1) is 0 Å². The first-order chi connectivity index (χ1) is 9.60. The molecule has 1 nitrogen and oxygen atoms in total. The Hall–Kier alpha value is -1.34. The van der Waals surface area contributed by atoms with Crippen molar-refractivity contribution in [3.05, 3.63) is 48.0 Å². The van der Waals surface area contributed by atoms with Gasteiger partial charge >= 0.3 is 0 Å². The molecule has 1 heteroatoms. The van der Waals surface area contributed by atoms with Crippen molar-refractivity contribution in [1.29, 1.82) is 0 Å². The first-order valence-electron chi connectivity index (χ1n) is 7.81. The lowest BCUT2D eigenvalue weighted by Crippen LogP contribution is -2.34. The molecular formula is C19H25N. The van der Waals surface area contributed by atoms with Gasteiger partial charge in [0.15, 0.2) is 0 Å². The molecule has 0 aliphatic heterocycles. The molecule has 3 rings (SSSR count). The van der Waals surface area contributed by atoms with Crippen LogP contribution in [0.25, 0.3) is 10.8 Å². The lowest BCUT2D eigenvalue weighted by atomic mass is 9.96. The highest BCUT2D eigenvalue weighted by molar-refractivity contribution is 5.83. The number of rotatable bonds is 5. The number of nitrogens with one attached hydrogen (secondary N) is 1. The molecule has 0 amide bonds. The zero-order valence-corrected chi connectivity index (χ0v) is 12.8. The maximum atomic E-state index is 3.70. The molecule has 1 aliphatic carbocycles. The quantitative estimate of drug-likeness (QED) is 0.846. The molecule has 0 bridgehead atoms. The third-order valence-electron chi connectivity index (χ3n) is 4.81. The van der Waals surface area contributed by atoms with Gasteiger partial charge in [0.1, 0.15) is 0 Å². The van der Waals surface area contributed by atoms with E-state index in [2.05, 4.69) is 68.6 Å². The number of hydrogen-bond acceptors (Lipinski definition) is 1. The molecule has 2 aromatic rings. The fraction of sp³-hybridized carbons (Fsp3) is 0.474. The molecule has 0 radical (unpaired) electrons. The first kappa shape index (κ1) is 13.6. The number of hydrogen-bond donors (Lipinski definition) is 1. The Bertz CT molecular complexity index is 599. The number of fused-ring (bicyclic) bond motifs is 1. The summed E-state index contributed by atoms with van der Waals surface area (Å²) in [5.41, 5.74) is 1.99. The Labute approximate surface area is 122 Å². The highest BCUT2D eigenvalue weighted by Crippen LogP contribution is 2.54. The highest BCUT2D eigenvalue weighted by atomic mass is 14.9.